The number of ether oxygens (including phenoxy) is 1. The average Bonchev–Trinajstić information content (AvgIpc) is 2.23. The Balaban J connectivity index is 3.54. The van der Waals surface area contributed by atoms with E-state index in [1.54, 1.807) is 11.9 Å². The van der Waals surface area contributed by atoms with E-state index in [2.05, 4.69) is 6.58 Å². The van der Waals surface area contributed by atoms with Crippen LogP contribution in [0.1, 0.15) is 12.8 Å². The smallest absolute Gasteiger partial charge is 0.330 e. The first-order valence-corrected chi connectivity index (χ1v) is 5.24. The van der Waals surface area contributed by atoms with Gasteiger partial charge in [0.1, 0.15) is 0 Å². The van der Waals surface area contributed by atoms with Crippen LogP contribution >= 0.6 is 11.6 Å². The van der Waals surface area contributed by atoms with E-state index in [-0.39, 0.29) is 5.91 Å². The van der Waals surface area contributed by atoms with E-state index in [1.807, 2.05) is 0 Å². The van der Waals surface area contributed by atoms with E-state index in [9.17, 15) is 9.59 Å². The number of halogens is 1. The van der Waals surface area contributed by atoms with Crippen molar-refractivity contribution in [3.05, 3.63) is 12.7 Å². The lowest BCUT2D eigenvalue weighted by atomic mass is 10.3. The molecule has 0 aromatic carbocycles. The number of carbonyl (C=O) groups excluding carboxylic acids is 2. The molecule has 0 saturated heterocycles. The largest absolute Gasteiger partial charge is 0.462 e. The number of hydrogen-bond donors (Lipinski definition) is 0. The first-order chi connectivity index (χ1) is 7.11. The predicted molar refractivity (Wildman–Crippen MR) is 58.7 cm³/mol. The van der Waals surface area contributed by atoms with Gasteiger partial charge in [0.2, 0.25) is 5.91 Å². The summed E-state index contributed by atoms with van der Waals surface area (Å²) < 4.78 is 4.76. The van der Waals surface area contributed by atoms with E-state index >= 15 is 0 Å². The van der Waals surface area contributed by atoms with E-state index in [4.69, 9.17) is 16.3 Å². The van der Waals surface area contributed by atoms with Crippen LogP contribution in [0.5, 0.6) is 0 Å². The van der Waals surface area contributed by atoms with Crippen LogP contribution in [0.3, 0.4) is 0 Å². The summed E-state index contributed by atoms with van der Waals surface area (Å²) in [5, 5.41) is 0. The maximum atomic E-state index is 11.2. The second kappa shape index (κ2) is 8.29. The van der Waals surface area contributed by atoms with Gasteiger partial charge in [-0.05, 0) is 6.42 Å². The second-order valence-electron chi connectivity index (χ2n) is 2.98. The lowest BCUT2D eigenvalue weighted by molar-refractivity contribution is -0.138. The van der Waals surface area contributed by atoms with Gasteiger partial charge in [-0.3, -0.25) is 4.79 Å². The van der Waals surface area contributed by atoms with Crippen LogP contribution in [0.15, 0.2) is 12.7 Å². The van der Waals surface area contributed by atoms with Crippen LogP contribution in [-0.2, 0) is 14.3 Å². The third-order valence-electron chi connectivity index (χ3n) is 1.78. The molecule has 1 amide bonds. The number of rotatable bonds is 7. The molecule has 15 heavy (non-hydrogen) atoms. The van der Waals surface area contributed by atoms with Crippen molar-refractivity contribution in [1.29, 1.82) is 0 Å². The highest BCUT2D eigenvalue weighted by atomic mass is 35.5. The van der Waals surface area contributed by atoms with Crippen molar-refractivity contribution in [2.75, 3.05) is 26.1 Å². The third kappa shape index (κ3) is 6.96. The molecule has 86 valence electrons. The topological polar surface area (TPSA) is 46.6 Å². The van der Waals surface area contributed by atoms with E-state index in [1.165, 1.54) is 0 Å². The summed E-state index contributed by atoms with van der Waals surface area (Å²) in [6, 6.07) is 0. The van der Waals surface area contributed by atoms with E-state index < -0.39 is 5.97 Å². The molecule has 0 fully saturated rings. The monoisotopic (exact) mass is 233 g/mol. The number of alkyl halides is 1. The Hall–Kier alpha value is -1.03. The number of hydrogen-bond acceptors (Lipinski definition) is 3. The minimum absolute atomic E-state index is 0.0000437. The van der Waals surface area contributed by atoms with Gasteiger partial charge in [0.05, 0.1) is 6.61 Å². The Bertz CT molecular complexity index is 231. The van der Waals surface area contributed by atoms with Crippen molar-refractivity contribution in [3.63, 3.8) is 0 Å². The van der Waals surface area contributed by atoms with Crippen molar-refractivity contribution < 1.29 is 14.3 Å². The highest BCUT2D eigenvalue weighted by Gasteiger charge is 2.07. The molecule has 0 unspecified atom stereocenters. The van der Waals surface area contributed by atoms with Gasteiger partial charge in [-0.25, -0.2) is 4.79 Å². The molecule has 0 aliphatic rings. The van der Waals surface area contributed by atoms with Crippen LogP contribution in [0.2, 0.25) is 0 Å². The Labute approximate surface area is 94.8 Å². The standard InChI is InChI=1S/C10H16ClNO3/c1-3-10(14)15-8-4-7-12(2)9(13)5-6-11/h3H,1,4-8H2,2H3. The fourth-order valence-corrected chi connectivity index (χ4v) is 1.09. The Morgan fingerprint density at radius 1 is 1.53 bits per heavy atom. The highest BCUT2D eigenvalue weighted by Crippen LogP contribution is 1.95. The lowest BCUT2D eigenvalue weighted by Gasteiger charge is -2.16. The normalized spacial score (nSPS) is 9.47. The number of nitrogens with zero attached hydrogens (tertiary/aromatic N) is 1. The first kappa shape index (κ1) is 14.0. The van der Waals surface area contributed by atoms with Crippen molar-refractivity contribution in [2.24, 2.45) is 0 Å². The summed E-state index contributed by atoms with van der Waals surface area (Å²) in [6.45, 7) is 4.12. The molecule has 0 atom stereocenters. The van der Waals surface area contributed by atoms with Crippen molar-refractivity contribution in [3.8, 4) is 0 Å². The molecule has 0 rings (SSSR count). The second-order valence-corrected chi connectivity index (χ2v) is 3.36. The van der Waals surface area contributed by atoms with Crippen molar-refractivity contribution in [2.45, 2.75) is 12.8 Å². The zero-order chi connectivity index (χ0) is 11.7. The fourth-order valence-electron chi connectivity index (χ4n) is 0.930. The molecule has 0 aromatic heterocycles. The quantitative estimate of drug-likeness (QED) is 0.287. The molecular weight excluding hydrogens is 218 g/mol. The molecule has 0 spiro atoms. The van der Waals surface area contributed by atoms with Crippen LogP contribution in [0.25, 0.3) is 0 Å². The zero-order valence-electron chi connectivity index (χ0n) is 8.87. The number of amides is 1. The maximum Gasteiger partial charge on any atom is 0.330 e. The highest BCUT2D eigenvalue weighted by molar-refractivity contribution is 6.18. The number of carbonyl (C=O) groups is 2. The summed E-state index contributed by atoms with van der Waals surface area (Å²) in [7, 11) is 1.70. The SMILES string of the molecule is C=CC(=O)OCCCN(C)C(=O)CCCl. The maximum absolute atomic E-state index is 11.2. The van der Waals surface area contributed by atoms with Crippen LogP contribution in [-0.4, -0.2) is 42.9 Å². The van der Waals surface area contributed by atoms with Gasteiger partial charge in [-0.1, -0.05) is 6.58 Å². The molecule has 0 radical (unpaired) electrons. The van der Waals surface area contributed by atoms with Gasteiger partial charge in [0.25, 0.3) is 0 Å². The molecule has 0 heterocycles. The first-order valence-electron chi connectivity index (χ1n) is 4.71. The van der Waals surface area contributed by atoms with Crippen molar-refractivity contribution >= 4 is 23.5 Å². The molecule has 0 aromatic rings. The van der Waals surface area contributed by atoms with Gasteiger partial charge >= 0.3 is 5.97 Å². The van der Waals surface area contributed by atoms with E-state index in [0.717, 1.165) is 6.08 Å². The molecule has 0 aliphatic heterocycles. The van der Waals surface area contributed by atoms with Crippen LogP contribution in [0, 0.1) is 0 Å². The summed E-state index contributed by atoms with van der Waals surface area (Å²) in [5.74, 6) is -0.112. The van der Waals surface area contributed by atoms with Gasteiger partial charge in [-0.2, -0.15) is 0 Å². The van der Waals surface area contributed by atoms with Gasteiger partial charge in [0.15, 0.2) is 0 Å². The third-order valence-corrected chi connectivity index (χ3v) is 1.97. The molecule has 0 N–H and O–H groups in total. The zero-order valence-corrected chi connectivity index (χ0v) is 9.63. The Morgan fingerprint density at radius 3 is 2.73 bits per heavy atom. The number of esters is 1. The van der Waals surface area contributed by atoms with Gasteiger partial charge in [-0.15, -0.1) is 11.6 Å². The van der Waals surface area contributed by atoms with E-state index in [0.29, 0.717) is 31.9 Å². The van der Waals surface area contributed by atoms with Crippen LogP contribution < -0.4 is 0 Å². The molecule has 0 bridgehead atoms. The summed E-state index contributed by atoms with van der Waals surface area (Å²) in [5.41, 5.74) is 0. The lowest BCUT2D eigenvalue weighted by Crippen LogP contribution is -2.28. The van der Waals surface area contributed by atoms with Gasteiger partial charge in [0, 0.05) is 32.0 Å². The molecule has 0 aliphatic carbocycles. The fraction of sp³-hybridized carbons (Fsp3) is 0.600. The molecule has 4 nitrogen and oxygen atoms in total. The van der Waals surface area contributed by atoms with Crippen molar-refractivity contribution in [1.82, 2.24) is 4.90 Å². The summed E-state index contributed by atoms with van der Waals surface area (Å²) in [6.07, 6.45) is 2.07. The average molecular weight is 234 g/mol. The molecular formula is C10H16ClNO3. The molecule has 0 saturated carbocycles. The Kier molecular flexibility index (Phi) is 7.72. The molecule has 5 heteroatoms. The minimum Gasteiger partial charge on any atom is -0.462 e. The predicted octanol–water partition coefficient (Wildman–Crippen LogP) is 1.19. The van der Waals surface area contributed by atoms with Crippen LogP contribution in [0.4, 0.5) is 0 Å². The Morgan fingerprint density at radius 2 is 2.20 bits per heavy atom. The summed E-state index contributed by atoms with van der Waals surface area (Å²) in [4.78, 5) is 23.5. The van der Waals surface area contributed by atoms with Gasteiger partial charge < -0.3 is 9.64 Å². The minimum atomic E-state index is -0.440. The summed E-state index contributed by atoms with van der Waals surface area (Å²) >= 11 is 5.43.